The third kappa shape index (κ3) is 2.97. The molecule has 0 bridgehead atoms. The fourth-order valence-corrected chi connectivity index (χ4v) is 2.48. The molecule has 0 aromatic carbocycles. The Kier molecular flexibility index (Phi) is 4.12. The topological polar surface area (TPSA) is 84.9 Å². The van der Waals surface area contributed by atoms with Gasteiger partial charge < -0.3 is 10.5 Å². The van der Waals surface area contributed by atoms with Gasteiger partial charge in [-0.25, -0.2) is 4.98 Å². The Labute approximate surface area is 107 Å². The number of amidine groups is 1. The SMILES string of the molecule is CCC1CCCCC1Oc1nccc(C(=N)N)n1. The van der Waals surface area contributed by atoms with Crippen LogP contribution in [0.15, 0.2) is 12.3 Å². The van der Waals surface area contributed by atoms with Crippen molar-refractivity contribution in [3.05, 3.63) is 18.0 Å². The summed E-state index contributed by atoms with van der Waals surface area (Å²) in [5.74, 6) is 0.529. The van der Waals surface area contributed by atoms with Gasteiger partial charge in [0.25, 0.3) is 0 Å². The number of hydrogen-bond donors (Lipinski definition) is 2. The fraction of sp³-hybridized carbons (Fsp3) is 0.615. The minimum absolute atomic E-state index is 0.0575. The molecule has 1 heterocycles. The molecule has 0 radical (unpaired) electrons. The number of nitrogen functional groups attached to an aromatic ring is 1. The number of nitrogens with two attached hydrogens (primary N) is 1. The summed E-state index contributed by atoms with van der Waals surface area (Å²) < 4.78 is 5.88. The second-order valence-corrected chi connectivity index (χ2v) is 4.75. The lowest BCUT2D eigenvalue weighted by Gasteiger charge is -2.30. The Balaban J connectivity index is 2.07. The molecule has 5 nitrogen and oxygen atoms in total. The van der Waals surface area contributed by atoms with E-state index in [0.717, 1.165) is 12.8 Å². The van der Waals surface area contributed by atoms with Crippen LogP contribution in [0, 0.1) is 11.3 Å². The van der Waals surface area contributed by atoms with Crippen LogP contribution in [-0.4, -0.2) is 21.9 Å². The first-order chi connectivity index (χ1) is 8.70. The molecule has 0 spiro atoms. The van der Waals surface area contributed by atoms with Gasteiger partial charge in [-0.2, -0.15) is 4.98 Å². The summed E-state index contributed by atoms with van der Waals surface area (Å²) in [7, 11) is 0. The van der Waals surface area contributed by atoms with Crippen LogP contribution in [-0.2, 0) is 0 Å². The van der Waals surface area contributed by atoms with E-state index in [2.05, 4.69) is 16.9 Å². The minimum Gasteiger partial charge on any atom is -0.460 e. The van der Waals surface area contributed by atoms with E-state index in [9.17, 15) is 0 Å². The second kappa shape index (κ2) is 5.80. The van der Waals surface area contributed by atoms with Crippen molar-refractivity contribution in [1.82, 2.24) is 9.97 Å². The Hall–Kier alpha value is -1.65. The van der Waals surface area contributed by atoms with Crippen LogP contribution in [0.1, 0.15) is 44.7 Å². The standard InChI is InChI=1S/C13H20N4O/c1-2-9-5-3-4-6-11(9)18-13-16-8-7-10(17-13)12(14)15/h7-9,11H,2-6H2,1H3,(H3,14,15). The van der Waals surface area contributed by atoms with Gasteiger partial charge in [-0.05, 0) is 37.7 Å². The molecule has 1 aliphatic rings. The van der Waals surface area contributed by atoms with E-state index >= 15 is 0 Å². The summed E-state index contributed by atoms with van der Waals surface area (Å²) in [6, 6.07) is 1.96. The highest BCUT2D eigenvalue weighted by Crippen LogP contribution is 2.29. The van der Waals surface area contributed by atoms with Crippen molar-refractivity contribution in [1.29, 1.82) is 5.41 Å². The Bertz CT molecular complexity index is 421. The van der Waals surface area contributed by atoms with Crippen LogP contribution in [0.3, 0.4) is 0 Å². The molecule has 0 saturated heterocycles. The van der Waals surface area contributed by atoms with Gasteiger partial charge in [0.15, 0.2) is 0 Å². The molecular formula is C13H20N4O. The smallest absolute Gasteiger partial charge is 0.317 e. The van der Waals surface area contributed by atoms with Crippen LogP contribution in [0.5, 0.6) is 6.01 Å². The van der Waals surface area contributed by atoms with Gasteiger partial charge >= 0.3 is 6.01 Å². The molecule has 5 heteroatoms. The molecule has 1 aromatic heterocycles. The molecule has 2 rings (SSSR count). The zero-order valence-corrected chi connectivity index (χ0v) is 10.7. The Morgan fingerprint density at radius 2 is 2.28 bits per heavy atom. The van der Waals surface area contributed by atoms with Gasteiger partial charge in [-0.15, -0.1) is 0 Å². The number of aromatic nitrogens is 2. The lowest BCUT2D eigenvalue weighted by molar-refractivity contribution is 0.0808. The van der Waals surface area contributed by atoms with Gasteiger partial charge in [0.05, 0.1) is 0 Å². The molecular weight excluding hydrogens is 228 g/mol. The molecule has 2 unspecified atom stereocenters. The summed E-state index contributed by atoms with van der Waals surface area (Å²) in [4.78, 5) is 8.25. The average molecular weight is 248 g/mol. The molecule has 1 fully saturated rings. The highest BCUT2D eigenvalue weighted by atomic mass is 16.5. The number of nitrogens with one attached hydrogen (secondary N) is 1. The van der Waals surface area contributed by atoms with Gasteiger partial charge in [0, 0.05) is 6.20 Å². The average Bonchev–Trinajstić information content (AvgIpc) is 2.39. The Morgan fingerprint density at radius 3 is 3.00 bits per heavy atom. The fourth-order valence-electron chi connectivity index (χ4n) is 2.48. The predicted molar refractivity (Wildman–Crippen MR) is 69.7 cm³/mol. The maximum Gasteiger partial charge on any atom is 0.317 e. The third-order valence-electron chi connectivity index (χ3n) is 3.53. The quantitative estimate of drug-likeness (QED) is 0.631. The van der Waals surface area contributed by atoms with E-state index in [1.807, 2.05) is 0 Å². The van der Waals surface area contributed by atoms with E-state index in [1.165, 1.54) is 19.3 Å². The van der Waals surface area contributed by atoms with E-state index in [1.54, 1.807) is 12.3 Å². The minimum atomic E-state index is -0.0575. The van der Waals surface area contributed by atoms with E-state index in [4.69, 9.17) is 15.9 Å². The second-order valence-electron chi connectivity index (χ2n) is 4.75. The third-order valence-corrected chi connectivity index (χ3v) is 3.53. The van der Waals surface area contributed by atoms with Crippen molar-refractivity contribution in [2.24, 2.45) is 11.7 Å². The summed E-state index contributed by atoms with van der Waals surface area (Å²) in [5.41, 5.74) is 5.83. The lowest BCUT2D eigenvalue weighted by atomic mass is 9.85. The summed E-state index contributed by atoms with van der Waals surface area (Å²) in [6.07, 6.45) is 7.67. The van der Waals surface area contributed by atoms with Gasteiger partial charge in [0.1, 0.15) is 17.6 Å². The van der Waals surface area contributed by atoms with Crippen LogP contribution >= 0.6 is 0 Å². The Morgan fingerprint density at radius 1 is 1.50 bits per heavy atom. The van der Waals surface area contributed by atoms with E-state index in [0.29, 0.717) is 17.6 Å². The normalized spacial score (nSPS) is 23.6. The van der Waals surface area contributed by atoms with Crippen LogP contribution in [0.4, 0.5) is 0 Å². The maximum atomic E-state index is 7.36. The van der Waals surface area contributed by atoms with E-state index in [-0.39, 0.29) is 11.9 Å². The van der Waals surface area contributed by atoms with Crippen molar-refractivity contribution in [3.8, 4) is 6.01 Å². The molecule has 0 amide bonds. The number of hydrogen-bond acceptors (Lipinski definition) is 4. The zero-order chi connectivity index (χ0) is 13.0. The largest absolute Gasteiger partial charge is 0.460 e. The predicted octanol–water partition coefficient (Wildman–Crippen LogP) is 2.11. The van der Waals surface area contributed by atoms with Crippen LogP contribution < -0.4 is 10.5 Å². The van der Waals surface area contributed by atoms with Gasteiger partial charge in [0.2, 0.25) is 0 Å². The molecule has 1 aliphatic carbocycles. The van der Waals surface area contributed by atoms with Crippen molar-refractivity contribution < 1.29 is 4.74 Å². The lowest BCUT2D eigenvalue weighted by Crippen LogP contribution is -2.30. The number of rotatable bonds is 4. The summed E-state index contributed by atoms with van der Waals surface area (Å²) in [5, 5.41) is 7.36. The van der Waals surface area contributed by atoms with Gasteiger partial charge in [-0.1, -0.05) is 13.3 Å². The van der Waals surface area contributed by atoms with Gasteiger partial charge in [-0.3, -0.25) is 5.41 Å². The zero-order valence-electron chi connectivity index (χ0n) is 10.7. The van der Waals surface area contributed by atoms with Crippen LogP contribution in [0.25, 0.3) is 0 Å². The first-order valence-corrected chi connectivity index (χ1v) is 6.54. The van der Waals surface area contributed by atoms with E-state index < -0.39 is 0 Å². The van der Waals surface area contributed by atoms with Crippen molar-refractivity contribution in [2.75, 3.05) is 0 Å². The van der Waals surface area contributed by atoms with Crippen molar-refractivity contribution >= 4 is 5.84 Å². The molecule has 1 aromatic rings. The molecule has 1 saturated carbocycles. The van der Waals surface area contributed by atoms with Crippen molar-refractivity contribution in [3.63, 3.8) is 0 Å². The highest BCUT2D eigenvalue weighted by molar-refractivity contribution is 5.92. The first kappa shape index (κ1) is 12.8. The molecule has 3 N–H and O–H groups in total. The number of ether oxygens (including phenoxy) is 1. The molecule has 0 aliphatic heterocycles. The summed E-state index contributed by atoms with van der Waals surface area (Å²) >= 11 is 0. The molecule has 18 heavy (non-hydrogen) atoms. The monoisotopic (exact) mass is 248 g/mol. The van der Waals surface area contributed by atoms with Crippen LogP contribution in [0.2, 0.25) is 0 Å². The highest BCUT2D eigenvalue weighted by Gasteiger charge is 2.26. The maximum absolute atomic E-state index is 7.36. The summed E-state index contributed by atoms with van der Waals surface area (Å²) in [6.45, 7) is 2.19. The number of nitrogens with zero attached hydrogens (tertiary/aromatic N) is 2. The first-order valence-electron chi connectivity index (χ1n) is 6.54. The molecule has 98 valence electrons. The molecule has 2 atom stereocenters. The van der Waals surface area contributed by atoms with Crippen molar-refractivity contribution in [2.45, 2.75) is 45.1 Å².